The Kier molecular flexibility index (Phi) is 8.14. The molecule has 0 radical (unpaired) electrons. The monoisotopic (exact) mass is 189 g/mol. The first-order valence-corrected chi connectivity index (χ1v) is 6.07. The normalized spacial score (nSPS) is 13.8. The lowest BCUT2D eigenvalue weighted by Gasteiger charge is -2.09. The predicted octanol–water partition coefficient (Wildman–Crippen LogP) is 2.76. The maximum atomic E-state index is 3.26. The average molecular weight is 189 g/mol. The van der Waals surface area contributed by atoms with Crippen molar-refractivity contribution in [2.24, 2.45) is 5.92 Å². The van der Waals surface area contributed by atoms with Gasteiger partial charge in [-0.15, -0.1) is 0 Å². The molecule has 1 nitrogen and oxygen atoms in total. The van der Waals surface area contributed by atoms with Crippen LogP contribution in [0.5, 0.6) is 0 Å². The Hall–Kier alpha value is 0.310. The molecule has 2 heteroatoms. The van der Waals surface area contributed by atoms with Crippen LogP contribution >= 0.6 is 11.8 Å². The summed E-state index contributed by atoms with van der Waals surface area (Å²) < 4.78 is 0. The molecule has 0 saturated carbocycles. The van der Waals surface area contributed by atoms with Crippen LogP contribution in [-0.4, -0.2) is 24.6 Å². The molecule has 0 aromatic rings. The van der Waals surface area contributed by atoms with Gasteiger partial charge < -0.3 is 5.32 Å². The summed E-state index contributed by atoms with van der Waals surface area (Å²) in [6.07, 6.45) is 2.65. The standard InChI is InChI=1S/C10H23NS/c1-9(2)8-12-7-5-6-10(3)11-4/h9-11H,5-8H2,1-4H3. The van der Waals surface area contributed by atoms with Gasteiger partial charge >= 0.3 is 0 Å². The fraction of sp³-hybridized carbons (Fsp3) is 1.00. The number of hydrogen-bond donors (Lipinski definition) is 1. The van der Waals surface area contributed by atoms with E-state index >= 15 is 0 Å². The van der Waals surface area contributed by atoms with Crippen molar-refractivity contribution in [1.29, 1.82) is 0 Å². The maximum Gasteiger partial charge on any atom is 0.00360 e. The zero-order chi connectivity index (χ0) is 9.40. The average Bonchev–Trinajstić information content (AvgIpc) is 2.03. The third-order valence-corrected chi connectivity index (χ3v) is 3.35. The van der Waals surface area contributed by atoms with E-state index < -0.39 is 0 Å². The number of nitrogens with one attached hydrogen (secondary N) is 1. The molecule has 1 atom stereocenters. The van der Waals surface area contributed by atoms with Crippen LogP contribution < -0.4 is 5.32 Å². The summed E-state index contributed by atoms with van der Waals surface area (Å²) in [5, 5.41) is 3.26. The van der Waals surface area contributed by atoms with Crippen molar-refractivity contribution in [1.82, 2.24) is 5.32 Å². The van der Waals surface area contributed by atoms with Crippen molar-refractivity contribution in [2.75, 3.05) is 18.6 Å². The SMILES string of the molecule is CNC(C)CCCSCC(C)C. The van der Waals surface area contributed by atoms with Crippen molar-refractivity contribution in [2.45, 2.75) is 39.7 Å². The fourth-order valence-corrected chi connectivity index (χ4v) is 1.96. The van der Waals surface area contributed by atoms with E-state index in [1.807, 2.05) is 7.05 Å². The molecule has 0 aromatic heterocycles. The van der Waals surface area contributed by atoms with Gasteiger partial charge in [-0.1, -0.05) is 13.8 Å². The lowest BCUT2D eigenvalue weighted by atomic mass is 10.2. The Morgan fingerprint density at radius 1 is 1.25 bits per heavy atom. The topological polar surface area (TPSA) is 12.0 Å². The number of thioether (sulfide) groups is 1. The molecule has 0 saturated heterocycles. The molecule has 1 N–H and O–H groups in total. The van der Waals surface area contributed by atoms with Crippen LogP contribution in [-0.2, 0) is 0 Å². The molecular weight excluding hydrogens is 166 g/mol. The van der Waals surface area contributed by atoms with E-state index in [0.29, 0.717) is 6.04 Å². The molecule has 12 heavy (non-hydrogen) atoms. The summed E-state index contributed by atoms with van der Waals surface area (Å²) >= 11 is 2.09. The minimum Gasteiger partial charge on any atom is -0.317 e. The van der Waals surface area contributed by atoms with Crippen molar-refractivity contribution in [3.05, 3.63) is 0 Å². The Bertz CT molecular complexity index is 93.8. The highest BCUT2D eigenvalue weighted by Gasteiger charge is 1.98. The van der Waals surface area contributed by atoms with Gasteiger partial charge in [-0.05, 0) is 44.2 Å². The number of rotatable bonds is 7. The van der Waals surface area contributed by atoms with Crippen LogP contribution in [0, 0.1) is 5.92 Å². The molecule has 0 aliphatic heterocycles. The smallest absolute Gasteiger partial charge is 0.00360 e. The first-order valence-electron chi connectivity index (χ1n) is 4.91. The summed E-state index contributed by atoms with van der Waals surface area (Å²) in [6, 6.07) is 0.685. The van der Waals surface area contributed by atoms with E-state index in [0.717, 1.165) is 5.92 Å². The highest BCUT2D eigenvalue weighted by Crippen LogP contribution is 2.10. The lowest BCUT2D eigenvalue weighted by molar-refractivity contribution is 0.559. The summed E-state index contributed by atoms with van der Waals surface area (Å²) in [7, 11) is 2.03. The minimum atomic E-state index is 0.685. The fourth-order valence-electron chi connectivity index (χ4n) is 0.955. The maximum absolute atomic E-state index is 3.26. The third kappa shape index (κ3) is 8.41. The summed E-state index contributed by atoms with van der Waals surface area (Å²) in [6.45, 7) is 6.81. The molecular formula is C10H23NS. The van der Waals surface area contributed by atoms with E-state index in [4.69, 9.17) is 0 Å². The van der Waals surface area contributed by atoms with Crippen molar-refractivity contribution in [3.8, 4) is 0 Å². The van der Waals surface area contributed by atoms with E-state index in [1.54, 1.807) is 0 Å². The van der Waals surface area contributed by atoms with Gasteiger partial charge in [0, 0.05) is 6.04 Å². The van der Waals surface area contributed by atoms with Crippen LogP contribution in [0.4, 0.5) is 0 Å². The predicted molar refractivity (Wildman–Crippen MR) is 59.9 cm³/mol. The van der Waals surface area contributed by atoms with Crippen molar-refractivity contribution in [3.63, 3.8) is 0 Å². The van der Waals surface area contributed by atoms with E-state index in [2.05, 4.69) is 37.8 Å². The molecule has 0 aromatic carbocycles. The van der Waals surface area contributed by atoms with Gasteiger partial charge in [0.1, 0.15) is 0 Å². The minimum absolute atomic E-state index is 0.685. The zero-order valence-corrected chi connectivity index (χ0v) is 9.71. The second kappa shape index (κ2) is 7.93. The molecule has 0 rings (SSSR count). The second-order valence-electron chi connectivity index (χ2n) is 3.80. The summed E-state index contributed by atoms with van der Waals surface area (Å²) in [4.78, 5) is 0. The molecule has 0 amide bonds. The zero-order valence-electron chi connectivity index (χ0n) is 8.89. The second-order valence-corrected chi connectivity index (χ2v) is 4.95. The quantitative estimate of drug-likeness (QED) is 0.618. The van der Waals surface area contributed by atoms with Crippen LogP contribution in [0.1, 0.15) is 33.6 Å². The first kappa shape index (κ1) is 12.3. The highest BCUT2D eigenvalue weighted by molar-refractivity contribution is 7.99. The van der Waals surface area contributed by atoms with E-state index in [1.165, 1.54) is 24.3 Å². The summed E-state index contributed by atoms with van der Waals surface area (Å²) in [5.74, 6) is 3.48. The van der Waals surface area contributed by atoms with Gasteiger partial charge in [-0.2, -0.15) is 11.8 Å². The molecule has 1 unspecified atom stereocenters. The highest BCUT2D eigenvalue weighted by atomic mass is 32.2. The van der Waals surface area contributed by atoms with Gasteiger partial charge in [0.15, 0.2) is 0 Å². The Morgan fingerprint density at radius 2 is 1.92 bits per heavy atom. The van der Waals surface area contributed by atoms with Crippen molar-refractivity contribution >= 4 is 11.8 Å². The van der Waals surface area contributed by atoms with Gasteiger partial charge in [0.2, 0.25) is 0 Å². The van der Waals surface area contributed by atoms with Crippen LogP contribution in [0.25, 0.3) is 0 Å². The van der Waals surface area contributed by atoms with Crippen molar-refractivity contribution < 1.29 is 0 Å². The van der Waals surface area contributed by atoms with Crippen LogP contribution in [0.2, 0.25) is 0 Å². The molecule has 0 aliphatic rings. The molecule has 0 heterocycles. The Morgan fingerprint density at radius 3 is 2.42 bits per heavy atom. The van der Waals surface area contributed by atoms with Gasteiger partial charge in [-0.25, -0.2) is 0 Å². The molecule has 0 fully saturated rings. The number of hydrogen-bond acceptors (Lipinski definition) is 2. The largest absolute Gasteiger partial charge is 0.317 e. The Balaban J connectivity index is 3.00. The Labute approximate surface area is 81.7 Å². The van der Waals surface area contributed by atoms with Gasteiger partial charge in [0.25, 0.3) is 0 Å². The molecule has 74 valence electrons. The molecule has 0 spiro atoms. The van der Waals surface area contributed by atoms with Gasteiger partial charge in [-0.3, -0.25) is 0 Å². The van der Waals surface area contributed by atoms with Gasteiger partial charge in [0.05, 0.1) is 0 Å². The van der Waals surface area contributed by atoms with Crippen LogP contribution in [0.15, 0.2) is 0 Å². The first-order chi connectivity index (χ1) is 5.66. The molecule has 0 bridgehead atoms. The van der Waals surface area contributed by atoms with Crippen LogP contribution in [0.3, 0.4) is 0 Å². The summed E-state index contributed by atoms with van der Waals surface area (Å²) in [5.41, 5.74) is 0. The van der Waals surface area contributed by atoms with E-state index in [-0.39, 0.29) is 0 Å². The van der Waals surface area contributed by atoms with E-state index in [9.17, 15) is 0 Å². The lowest BCUT2D eigenvalue weighted by Crippen LogP contribution is -2.20. The third-order valence-electron chi connectivity index (χ3n) is 1.87. The molecule has 0 aliphatic carbocycles.